The second-order valence-electron chi connectivity index (χ2n) is 5.58. The molecule has 0 unspecified atom stereocenters. The number of nitrogens with zero attached hydrogens (tertiary/aromatic N) is 4. The largest absolute Gasteiger partial charge is 0.379 e. The van der Waals surface area contributed by atoms with Crippen LogP contribution < -0.4 is 5.32 Å². The van der Waals surface area contributed by atoms with Crippen LogP contribution in [-0.2, 0) is 16.1 Å². The first-order valence-electron chi connectivity index (χ1n) is 7.78. The van der Waals surface area contributed by atoms with Gasteiger partial charge >= 0.3 is 0 Å². The maximum atomic E-state index is 11.8. The van der Waals surface area contributed by atoms with Crippen molar-refractivity contribution in [1.82, 2.24) is 25.5 Å². The van der Waals surface area contributed by atoms with E-state index < -0.39 is 0 Å². The van der Waals surface area contributed by atoms with E-state index in [-0.39, 0.29) is 18.6 Å². The molecule has 124 valence electrons. The molecule has 0 aliphatic rings. The van der Waals surface area contributed by atoms with Crippen LogP contribution in [0.1, 0.15) is 25.8 Å². The Morgan fingerprint density at radius 3 is 2.87 bits per heavy atom. The van der Waals surface area contributed by atoms with Crippen LogP contribution in [0.25, 0.3) is 11.4 Å². The highest BCUT2D eigenvalue weighted by Crippen LogP contribution is 2.17. The van der Waals surface area contributed by atoms with E-state index in [0.29, 0.717) is 19.0 Å². The molecule has 0 aliphatic heterocycles. The van der Waals surface area contributed by atoms with Gasteiger partial charge in [-0.1, -0.05) is 24.3 Å². The Morgan fingerprint density at radius 1 is 1.35 bits per heavy atom. The molecule has 0 saturated heterocycles. The summed E-state index contributed by atoms with van der Waals surface area (Å²) in [5.74, 6) is 0.393. The quantitative estimate of drug-likeness (QED) is 0.748. The number of amides is 1. The third kappa shape index (κ3) is 5.45. The minimum absolute atomic E-state index is 0.0594. The van der Waals surface area contributed by atoms with Gasteiger partial charge in [0.05, 0.1) is 6.10 Å². The van der Waals surface area contributed by atoms with Gasteiger partial charge in [0.15, 0.2) is 0 Å². The summed E-state index contributed by atoms with van der Waals surface area (Å²) in [4.78, 5) is 13.1. The molecule has 2 aromatic rings. The second kappa shape index (κ2) is 8.38. The number of tetrazole rings is 1. The fourth-order valence-electron chi connectivity index (χ4n) is 2.05. The zero-order valence-electron chi connectivity index (χ0n) is 13.8. The Morgan fingerprint density at radius 2 is 2.13 bits per heavy atom. The van der Waals surface area contributed by atoms with Crippen molar-refractivity contribution < 1.29 is 9.53 Å². The minimum atomic E-state index is -0.136. The summed E-state index contributed by atoms with van der Waals surface area (Å²) in [5.41, 5.74) is 1.99. The third-order valence-corrected chi connectivity index (χ3v) is 3.22. The molecule has 0 spiro atoms. The lowest BCUT2D eigenvalue weighted by Gasteiger charge is -2.07. The van der Waals surface area contributed by atoms with Crippen molar-refractivity contribution in [3.8, 4) is 11.4 Å². The Labute approximate surface area is 136 Å². The summed E-state index contributed by atoms with van der Waals surface area (Å²) >= 11 is 0. The molecule has 0 aliphatic carbocycles. The molecule has 0 bridgehead atoms. The van der Waals surface area contributed by atoms with Crippen LogP contribution >= 0.6 is 0 Å². The number of hydrogen-bond acceptors (Lipinski definition) is 5. The number of nitrogens with one attached hydrogen (secondary N) is 1. The van der Waals surface area contributed by atoms with E-state index in [2.05, 4.69) is 20.7 Å². The molecule has 2 rings (SSSR count). The van der Waals surface area contributed by atoms with E-state index in [0.717, 1.165) is 17.5 Å². The molecule has 1 N–H and O–H groups in total. The number of hydrogen-bond donors (Lipinski definition) is 1. The topological polar surface area (TPSA) is 81.9 Å². The molecule has 1 heterocycles. The summed E-state index contributed by atoms with van der Waals surface area (Å²) in [7, 11) is 0. The van der Waals surface area contributed by atoms with Crippen LogP contribution in [0.3, 0.4) is 0 Å². The van der Waals surface area contributed by atoms with Crippen molar-refractivity contribution in [2.75, 3.05) is 13.2 Å². The van der Waals surface area contributed by atoms with Crippen molar-refractivity contribution >= 4 is 5.91 Å². The van der Waals surface area contributed by atoms with Crippen LogP contribution in [0.4, 0.5) is 0 Å². The smallest absolute Gasteiger partial charge is 0.243 e. The Bertz CT molecular complexity index is 639. The molecule has 1 amide bonds. The Hall–Kier alpha value is -2.28. The van der Waals surface area contributed by atoms with Gasteiger partial charge in [-0.15, -0.1) is 10.2 Å². The van der Waals surface area contributed by atoms with E-state index in [9.17, 15) is 4.79 Å². The van der Waals surface area contributed by atoms with Gasteiger partial charge in [0, 0.05) is 18.7 Å². The van der Waals surface area contributed by atoms with Crippen LogP contribution in [0.2, 0.25) is 0 Å². The lowest BCUT2D eigenvalue weighted by Crippen LogP contribution is -2.30. The summed E-state index contributed by atoms with van der Waals surface area (Å²) in [6.07, 6.45) is 0.994. The van der Waals surface area contributed by atoms with Crippen molar-refractivity contribution in [3.05, 3.63) is 29.8 Å². The van der Waals surface area contributed by atoms with E-state index in [1.54, 1.807) is 0 Å². The van der Waals surface area contributed by atoms with Gasteiger partial charge in [0.25, 0.3) is 0 Å². The highest BCUT2D eigenvalue weighted by Gasteiger charge is 2.10. The van der Waals surface area contributed by atoms with Gasteiger partial charge in [-0.3, -0.25) is 4.79 Å². The van der Waals surface area contributed by atoms with E-state index in [4.69, 9.17) is 4.74 Å². The Balaban J connectivity index is 1.80. The zero-order valence-corrected chi connectivity index (χ0v) is 13.8. The van der Waals surface area contributed by atoms with Gasteiger partial charge in [-0.05, 0) is 38.0 Å². The molecule has 0 saturated carbocycles. The monoisotopic (exact) mass is 317 g/mol. The van der Waals surface area contributed by atoms with Gasteiger partial charge in [0.1, 0.15) is 6.54 Å². The van der Waals surface area contributed by atoms with Crippen LogP contribution in [-0.4, -0.2) is 45.4 Å². The first kappa shape index (κ1) is 17.1. The maximum Gasteiger partial charge on any atom is 0.243 e. The van der Waals surface area contributed by atoms with Crippen LogP contribution in [0.15, 0.2) is 24.3 Å². The first-order chi connectivity index (χ1) is 11.1. The highest BCUT2D eigenvalue weighted by atomic mass is 16.5. The molecule has 23 heavy (non-hydrogen) atoms. The average molecular weight is 317 g/mol. The molecular weight excluding hydrogens is 294 g/mol. The first-order valence-corrected chi connectivity index (χ1v) is 7.78. The number of rotatable bonds is 8. The minimum Gasteiger partial charge on any atom is -0.379 e. The van der Waals surface area contributed by atoms with E-state index in [1.807, 2.05) is 45.0 Å². The van der Waals surface area contributed by atoms with Crippen molar-refractivity contribution in [2.45, 2.75) is 39.8 Å². The van der Waals surface area contributed by atoms with Crippen molar-refractivity contribution in [1.29, 1.82) is 0 Å². The molecular formula is C16H23N5O2. The summed E-state index contributed by atoms with van der Waals surface area (Å²) in [6.45, 7) is 7.23. The van der Waals surface area contributed by atoms with E-state index in [1.165, 1.54) is 4.80 Å². The number of carbonyl (C=O) groups is 1. The molecule has 0 fully saturated rings. The summed E-state index contributed by atoms with van der Waals surface area (Å²) in [5, 5.41) is 15.0. The van der Waals surface area contributed by atoms with Gasteiger partial charge in [0.2, 0.25) is 11.7 Å². The fourth-order valence-corrected chi connectivity index (χ4v) is 2.05. The standard InChI is InChI=1S/C16H23N5O2/c1-12(2)23-10-6-9-17-15(22)11-21-19-16(18-20-21)14-8-5-4-7-13(14)3/h4-5,7-8,12H,6,9-11H2,1-3H3,(H,17,22). The van der Waals surface area contributed by atoms with Crippen LogP contribution in [0, 0.1) is 6.92 Å². The number of aromatic nitrogens is 4. The predicted octanol–water partition coefficient (Wildman–Crippen LogP) is 1.58. The van der Waals surface area contributed by atoms with Crippen molar-refractivity contribution in [3.63, 3.8) is 0 Å². The number of benzene rings is 1. The lowest BCUT2D eigenvalue weighted by atomic mass is 10.1. The fraction of sp³-hybridized carbons (Fsp3) is 0.500. The summed E-state index contributed by atoms with van der Waals surface area (Å²) < 4.78 is 5.41. The summed E-state index contributed by atoms with van der Waals surface area (Å²) in [6, 6.07) is 7.81. The molecule has 0 atom stereocenters. The molecule has 1 aromatic heterocycles. The molecule has 7 nitrogen and oxygen atoms in total. The number of carbonyl (C=O) groups excluding carboxylic acids is 1. The van der Waals surface area contributed by atoms with Crippen LogP contribution in [0.5, 0.6) is 0 Å². The molecule has 1 aromatic carbocycles. The zero-order chi connectivity index (χ0) is 16.7. The second-order valence-corrected chi connectivity index (χ2v) is 5.58. The Kier molecular flexibility index (Phi) is 6.22. The number of aryl methyl sites for hydroxylation is 1. The van der Waals surface area contributed by atoms with Gasteiger partial charge < -0.3 is 10.1 Å². The maximum absolute atomic E-state index is 11.8. The average Bonchev–Trinajstić information content (AvgIpc) is 2.95. The number of ether oxygens (including phenoxy) is 1. The molecule has 0 radical (unpaired) electrons. The lowest BCUT2D eigenvalue weighted by molar-refractivity contribution is -0.122. The van der Waals surface area contributed by atoms with Crippen molar-refractivity contribution in [2.24, 2.45) is 0 Å². The SMILES string of the molecule is Cc1ccccc1-c1nnn(CC(=O)NCCCOC(C)C)n1. The highest BCUT2D eigenvalue weighted by molar-refractivity contribution is 5.75. The third-order valence-electron chi connectivity index (χ3n) is 3.22. The van der Waals surface area contributed by atoms with Gasteiger partial charge in [-0.2, -0.15) is 4.80 Å². The van der Waals surface area contributed by atoms with E-state index >= 15 is 0 Å². The predicted molar refractivity (Wildman–Crippen MR) is 86.7 cm³/mol. The molecule has 7 heteroatoms. The normalized spacial score (nSPS) is 11.0. The van der Waals surface area contributed by atoms with Gasteiger partial charge in [-0.25, -0.2) is 0 Å².